The molecule has 0 radical (unpaired) electrons. The molecule has 0 aliphatic heterocycles. The zero-order valence-corrected chi connectivity index (χ0v) is 93.5. The molecule has 0 saturated heterocycles. The van der Waals surface area contributed by atoms with Gasteiger partial charge in [-0.1, -0.05) is 0 Å². The molecular weight excluding hydrogens is 3640 g/mol. The molecule has 0 heterocycles. The first-order valence-corrected chi connectivity index (χ1v) is 99.6. The van der Waals surface area contributed by atoms with Crippen LogP contribution in [0.2, 0.25) is 0 Å². The quantitative estimate of drug-likeness (QED) is 0.0243. The van der Waals surface area contributed by atoms with Crippen LogP contribution < -0.4 is 0 Å². The van der Waals surface area contributed by atoms with Crippen molar-refractivity contribution in [3.8, 4) is 0 Å². The minimum absolute atomic E-state index is 2.85. The molecule has 640 valence electrons. The van der Waals surface area contributed by atoms with Gasteiger partial charge in [0.15, 0.2) is 0 Å². The van der Waals surface area contributed by atoms with Gasteiger partial charge in [-0.2, -0.15) is 0 Å². The normalized spacial score (nSPS) is 15.6. The van der Waals surface area contributed by atoms with Crippen LogP contribution in [0.25, 0.3) is 0 Å². The van der Waals surface area contributed by atoms with Crippen molar-refractivity contribution in [2.45, 2.75) is 0 Å². The molecule has 80 nitrogen and oxygen atoms in total. The Kier molecular flexibility index (Phi) is 42.0. The maximum absolute atomic E-state index is 12.8. The van der Waals surface area contributed by atoms with Gasteiger partial charge in [-0.3, -0.25) is 0 Å². The summed E-state index contributed by atoms with van der Waals surface area (Å²) in [6.07, 6.45) is 0. The second-order valence-electron chi connectivity index (χ2n) is 12.5. The summed E-state index contributed by atoms with van der Waals surface area (Å²) in [6.45, 7) is 0. The van der Waals surface area contributed by atoms with Crippen LogP contribution in [-0.4, -0.2) is 22.6 Å². The zero-order valence-electron chi connectivity index (χ0n) is 43.6. The first-order valence-electron chi connectivity index (χ1n) is 17.6. The Bertz CT molecular complexity index is 5410. The summed E-state index contributed by atoms with van der Waals surface area (Å²) in [5.41, 5.74) is 0. The van der Waals surface area contributed by atoms with Gasteiger partial charge in [0.2, 0.25) is 0 Å². The van der Waals surface area contributed by atoms with Gasteiger partial charge in [-0.05, 0) is 0 Å². The molecule has 0 bridgehead atoms. The monoisotopic (exact) mass is 3700 g/mol. The van der Waals surface area contributed by atoms with E-state index >= 15 is 0 Å². The summed E-state index contributed by atoms with van der Waals surface area (Å²) in [6, 6.07) is 0. The van der Waals surface area contributed by atoms with Crippen molar-refractivity contribution < 1.29 is 653 Å². The standard InChI is InChI=1S/24Mo.2H3O4P.6H2O.66O/c;;;;;;;;;;;;;;;;;;;;;;;;2*1-5(2,3)4;;;;;;;;;;;;;;;;;;;;;;;;;;;;;;;;;;;;;;;;;;;;;;;;;;;;;;;;;;;;;;;;;;;;;;;;/h;;;;;;;;;;;;;;;;;;;;;;;;2*(H3,1,2,3,4);6*1H2;;;;;;;;;;;;;;;;;;;;;;;;;;;;;;;;;;;;;;;;;;;;;;;;;;;;;;;;;;;;;;;;;;/q;;;;;;;;;;;;12*+1;;;;;;;;;;;;;;;;;;;;;;;;;;;;;;;;;;;;;;;;;;;;;;;;;;;;;;;;;;;;;;;;;;;;;;;;;;/p-12. The summed E-state index contributed by atoms with van der Waals surface area (Å²) >= 11 is -195. The van der Waals surface area contributed by atoms with Crippen molar-refractivity contribution in [2.75, 3.05) is 0 Å². The van der Waals surface area contributed by atoms with E-state index in [1.54, 1.807) is 0 Å². The first kappa shape index (κ1) is 114. The van der Waals surface area contributed by atoms with Crippen molar-refractivity contribution >= 4 is 15.6 Å². The van der Waals surface area contributed by atoms with Crippen LogP contribution in [0.4, 0.5) is 0 Å². The summed E-state index contributed by atoms with van der Waals surface area (Å²) in [7, 11) is -15.8. The second-order valence-corrected chi connectivity index (χ2v) is 112. The maximum atomic E-state index is 12.8. The number of rotatable bonds is 48. The molecule has 0 amide bonds. The van der Waals surface area contributed by atoms with Crippen molar-refractivity contribution in [3.63, 3.8) is 0 Å². The minimum atomic E-state index is -8.79. The molecule has 0 atom stereocenters. The van der Waals surface area contributed by atoms with Crippen LogP contribution >= 0.6 is 15.6 Å². The molecule has 0 spiro atoms. The van der Waals surface area contributed by atoms with E-state index in [1.165, 1.54) is 0 Å². The van der Waals surface area contributed by atoms with E-state index in [9.17, 15) is 172 Å². The van der Waals surface area contributed by atoms with Gasteiger partial charge in [-0.15, -0.1) is 0 Å². The molecule has 0 aromatic carbocycles. The molecule has 0 fully saturated rings. The Hall–Kier alpha value is 6.18. The summed E-state index contributed by atoms with van der Waals surface area (Å²) in [5, 5.41) is 0. The second kappa shape index (κ2) is 38.9. The third-order valence-electron chi connectivity index (χ3n) is 4.11. The van der Waals surface area contributed by atoms with E-state index in [0.29, 0.717) is 0 Å². The molecule has 106 heteroatoms. The van der Waals surface area contributed by atoms with Crippen molar-refractivity contribution in [1.29, 1.82) is 0 Å². The molecule has 0 aliphatic carbocycles. The van der Waals surface area contributed by atoms with Gasteiger partial charge >= 0.3 is 668 Å². The topological polar surface area (TPSA) is 1200 Å². The van der Waals surface area contributed by atoms with Gasteiger partial charge in [0.1, 0.15) is 0 Å². The van der Waals surface area contributed by atoms with E-state index < -0.39 is 418 Å². The van der Waals surface area contributed by atoms with Gasteiger partial charge in [-0.25, -0.2) is 0 Å². The Labute approximate surface area is 653 Å². The van der Waals surface area contributed by atoms with Gasteiger partial charge < -0.3 is 0 Å². The first-order chi connectivity index (χ1) is 45.0. The Morgan fingerprint density at radius 2 is 0.189 bits per heavy atom. The molecule has 0 unspecified atom stereocenters. The average Bonchev–Trinajstić information content (AvgIpc) is 0.784. The SMILES string of the molecule is O=P([O][Mo](=[O])(=[O])[O][Mo](=[O])(=[O])[O][Mo](=[O])(=[O])[O][Mo](=[O])(=[O])[OH])([O][Mo](=[O])(=[O])[O][Mo](=[O])(=[O])[O][Mo](=[O])(=[O])[O][Mo](=[O])(=[O])[OH])[O][Mo](=[O])(=[O])[O][Mo](=[O])(=[O])[O][Mo](=[O])(=[O])[O][Mo](=[O])(=[O])[OH].O=P([O][Mo](=[O])(=[O])[O][Mo](=[O])(=[O])[O][Mo](=[O])(=[O])[O][Mo](=[O])(=[O])[OH])([O][Mo](=[O])(=[O])[O][Mo](=[O])(=[O])[O][Mo](=[O])(=[O])[O][Mo](=[O])(=[O])[OH])[O][Mo](=[O])(=[O])[O][Mo](=[O])(=[O])[O][Mo](=[O])(=[O])[O][Mo](=[O])(=[O])[OH]. The predicted octanol–water partition coefficient (Wildman–Crippen LogP) is -9.26. The molecule has 0 rings (SSSR count). The van der Waals surface area contributed by atoms with Crippen molar-refractivity contribution in [1.82, 2.24) is 0 Å². The Morgan fingerprint density at radius 3 is 0.264 bits per heavy atom. The molecular formula is H6Mo24O80P2. The summed E-state index contributed by atoms with van der Waals surface area (Å²) in [5.74, 6) is 0. The Morgan fingerprint density at radius 1 is 0.123 bits per heavy atom. The molecule has 0 aromatic heterocycles. The summed E-state index contributed by atoms with van der Waals surface area (Å²) in [4.78, 5) is 0. The van der Waals surface area contributed by atoms with Crippen LogP contribution in [0.5, 0.6) is 0 Å². The van der Waals surface area contributed by atoms with Crippen molar-refractivity contribution in [2.24, 2.45) is 0 Å². The number of phosphoric acid groups is 2. The number of hydrogen-bond acceptors (Lipinski definition) is 74. The van der Waals surface area contributed by atoms with Crippen LogP contribution in [0.3, 0.4) is 0 Å². The van der Waals surface area contributed by atoms with Crippen LogP contribution in [0.15, 0.2) is 0 Å². The fraction of sp³-hybridized carbons (Fsp3) is 0. The third-order valence-corrected chi connectivity index (χ3v) is 125. The molecule has 0 aromatic rings. The molecule has 0 saturated carbocycles. The van der Waals surface area contributed by atoms with E-state index in [-0.39, 0.29) is 0 Å². The Balaban J connectivity index is 0. The van der Waals surface area contributed by atoms with E-state index in [1.807, 2.05) is 0 Å². The molecule has 106 heavy (non-hydrogen) atoms. The van der Waals surface area contributed by atoms with E-state index in [2.05, 4.69) is 55.8 Å². The van der Waals surface area contributed by atoms with Gasteiger partial charge in [0.05, 0.1) is 0 Å². The number of hydrogen-bond donors (Lipinski definition) is 6. The summed E-state index contributed by atoms with van der Waals surface area (Å²) < 4.78 is 694. The predicted molar refractivity (Wildman–Crippen MR) is 87.5 cm³/mol. The van der Waals surface area contributed by atoms with Crippen molar-refractivity contribution in [3.05, 3.63) is 0 Å². The van der Waals surface area contributed by atoms with E-state index in [4.69, 9.17) is 22.6 Å². The fourth-order valence-electron chi connectivity index (χ4n) is 2.81. The third kappa shape index (κ3) is 58.2. The average molecular weight is 3650 g/mol. The van der Waals surface area contributed by atoms with Crippen LogP contribution in [0.1, 0.15) is 0 Å². The van der Waals surface area contributed by atoms with Gasteiger partial charge in [0.25, 0.3) is 0 Å². The van der Waals surface area contributed by atoms with Gasteiger partial charge in [0, 0.05) is 0 Å². The zero-order chi connectivity index (χ0) is 86.0. The van der Waals surface area contributed by atoms with E-state index in [0.717, 1.165) is 0 Å². The van der Waals surface area contributed by atoms with Crippen LogP contribution in [-0.2, 0) is 630 Å². The molecule has 6 N–H and O–H groups in total. The molecule has 0 aliphatic rings. The van der Waals surface area contributed by atoms with Crippen LogP contribution in [0, 0.1) is 0 Å². The fourth-order valence-corrected chi connectivity index (χ4v) is 121.